The summed E-state index contributed by atoms with van der Waals surface area (Å²) in [4.78, 5) is 56.6. The fourth-order valence-corrected chi connectivity index (χ4v) is 5.84. The summed E-state index contributed by atoms with van der Waals surface area (Å²) in [5.74, 6) is -4.08. The first-order chi connectivity index (χ1) is 17.3. The van der Waals surface area contributed by atoms with E-state index < -0.39 is 46.9 Å². The van der Waals surface area contributed by atoms with Gasteiger partial charge in [-0.2, -0.15) is 0 Å². The van der Waals surface area contributed by atoms with Crippen molar-refractivity contribution >= 4 is 29.1 Å². The van der Waals surface area contributed by atoms with Crippen molar-refractivity contribution in [3.63, 3.8) is 0 Å². The SMILES string of the molecule is Cc1ccc([C@@H]2OC3(C(=O)c4ccccc4C3=O)[C@H]3C(=O)N(c4ccc(C(C)C)cc4)C(=O)[C@@H]23)cc1. The van der Waals surface area contributed by atoms with E-state index in [9.17, 15) is 19.2 Å². The van der Waals surface area contributed by atoms with Crippen LogP contribution in [0.3, 0.4) is 0 Å². The highest BCUT2D eigenvalue weighted by atomic mass is 16.5. The van der Waals surface area contributed by atoms with Gasteiger partial charge in [-0.05, 0) is 36.1 Å². The van der Waals surface area contributed by atoms with Crippen LogP contribution in [0.15, 0.2) is 72.8 Å². The van der Waals surface area contributed by atoms with Gasteiger partial charge in [0.25, 0.3) is 0 Å². The van der Waals surface area contributed by atoms with Gasteiger partial charge in [0, 0.05) is 11.1 Å². The number of ketones is 2. The van der Waals surface area contributed by atoms with Crippen LogP contribution in [0.25, 0.3) is 0 Å². The highest BCUT2D eigenvalue weighted by Crippen LogP contribution is 2.57. The highest BCUT2D eigenvalue weighted by Gasteiger charge is 2.74. The van der Waals surface area contributed by atoms with Crippen LogP contribution >= 0.6 is 0 Å². The fraction of sp³-hybridized carbons (Fsp3) is 0.267. The number of Topliss-reactive ketones (excluding diaryl/α,β-unsaturated/α-hetero) is 2. The molecule has 3 aliphatic rings. The molecule has 0 bridgehead atoms. The van der Waals surface area contributed by atoms with Crippen LogP contribution in [-0.4, -0.2) is 29.0 Å². The quantitative estimate of drug-likeness (QED) is 0.398. The van der Waals surface area contributed by atoms with Crippen molar-refractivity contribution in [2.24, 2.45) is 11.8 Å². The lowest BCUT2D eigenvalue weighted by molar-refractivity contribution is -0.127. The van der Waals surface area contributed by atoms with Gasteiger partial charge < -0.3 is 4.74 Å². The summed E-state index contributed by atoms with van der Waals surface area (Å²) in [6, 6.07) is 21.2. The molecule has 3 atom stereocenters. The van der Waals surface area contributed by atoms with Crippen LogP contribution in [-0.2, 0) is 14.3 Å². The summed E-state index contributed by atoms with van der Waals surface area (Å²) < 4.78 is 6.32. The van der Waals surface area contributed by atoms with Crippen molar-refractivity contribution < 1.29 is 23.9 Å². The summed E-state index contributed by atoms with van der Waals surface area (Å²) in [5, 5.41) is 0. The van der Waals surface area contributed by atoms with Crippen LogP contribution in [0.2, 0.25) is 0 Å². The number of imide groups is 1. The number of fused-ring (bicyclic) bond motifs is 3. The van der Waals surface area contributed by atoms with Crippen LogP contribution in [0.5, 0.6) is 0 Å². The Morgan fingerprint density at radius 1 is 0.778 bits per heavy atom. The van der Waals surface area contributed by atoms with Gasteiger partial charge in [0.15, 0.2) is 0 Å². The molecule has 0 N–H and O–H groups in total. The number of hydrogen-bond acceptors (Lipinski definition) is 5. The molecule has 36 heavy (non-hydrogen) atoms. The molecule has 6 nitrogen and oxygen atoms in total. The minimum atomic E-state index is -2.05. The maximum Gasteiger partial charge on any atom is 0.241 e. The average molecular weight is 480 g/mol. The molecule has 2 saturated heterocycles. The zero-order valence-electron chi connectivity index (χ0n) is 20.2. The van der Waals surface area contributed by atoms with Crippen molar-refractivity contribution in [3.05, 3.63) is 101 Å². The van der Waals surface area contributed by atoms with Crippen molar-refractivity contribution in [1.82, 2.24) is 0 Å². The Labute approximate surface area is 208 Å². The number of carbonyl (C=O) groups excluding carboxylic acids is 4. The fourth-order valence-electron chi connectivity index (χ4n) is 5.84. The highest BCUT2D eigenvalue weighted by molar-refractivity contribution is 6.37. The van der Waals surface area contributed by atoms with E-state index in [2.05, 4.69) is 13.8 Å². The molecule has 0 radical (unpaired) electrons. The van der Waals surface area contributed by atoms with Crippen LogP contribution in [0, 0.1) is 18.8 Å². The van der Waals surface area contributed by atoms with Crippen molar-refractivity contribution in [2.75, 3.05) is 4.90 Å². The lowest BCUT2D eigenvalue weighted by Crippen LogP contribution is -2.51. The zero-order valence-corrected chi connectivity index (χ0v) is 20.2. The maximum atomic E-state index is 14.0. The van der Waals surface area contributed by atoms with E-state index in [0.717, 1.165) is 16.0 Å². The Kier molecular flexibility index (Phi) is 4.89. The second kappa shape index (κ2) is 7.80. The predicted octanol–water partition coefficient (Wildman–Crippen LogP) is 4.81. The number of hydrogen-bond donors (Lipinski definition) is 0. The number of anilines is 1. The second-order valence-electron chi connectivity index (χ2n) is 10.2. The number of amides is 2. The summed E-state index contributed by atoms with van der Waals surface area (Å²) in [7, 11) is 0. The van der Waals surface area contributed by atoms with Gasteiger partial charge >= 0.3 is 0 Å². The Hall–Kier alpha value is -3.90. The van der Waals surface area contributed by atoms with Crippen LogP contribution in [0.4, 0.5) is 5.69 Å². The molecule has 2 amide bonds. The number of aryl methyl sites for hydroxylation is 1. The van der Waals surface area contributed by atoms with E-state index in [1.807, 2.05) is 43.3 Å². The van der Waals surface area contributed by atoms with E-state index in [1.54, 1.807) is 36.4 Å². The summed E-state index contributed by atoms with van der Waals surface area (Å²) in [5.41, 5.74) is 1.58. The molecular formula is C30H25NO5. The molecule has 6 rings (SSSR count). The smallest absolute Gasteiger partial charge is 0.241 e. The van der Waals surface area contributed by atoms with E-state index in [-0.39, 0.29) is 11.1 Å². The van der Waals surface area contributed by atoms with Crippen molar-refractivity contribution in [1.29, 1.82) is 0 Å². The van der Waals surface area contributed by atoms with Crippen molar-refractivity contribution in [2.45, 2.75) is 38.4 Å². The standard InChI is InChI=1S/C30H25NO5/c1-16(2)18-12-14-20(15-13-18)31-28(34)23-24(29(31)35)30(36-25(23)19-10-8-17(3)9-11-19)26(32)21-6-4-5-7-22(21)27(30)33/h4-16,23-25H,1-3H3/t23-,24-,25+/m1/s1. The molecular weight excluding hydrogens is 454 g/mol. The number of carbonyl (C=O) groups is 4. The second-order valence-corrected chi connectivity index (χ2v) is 10.2. The topological polar surface area (TPSA) is 80.8 Å². The van der Waals surface area contributed by atoms with E-state index in [4.69, 9.17) is 4.74 Å². The number of benzene rings is 3. The van der Waals surface area contributed by atoms with E-state index >= 15 is 0 Å². The Balaban J connectivity index is 1.51. The van der Waals surface area contributed by atoms with Gasteiger partial charge in [-0.3, -0.25) is 19.2 Å². The third-order valence-electron chi connectivity index (χ3n) is 7.74. The van der Waals surface area contributed by atoms with Gasteiger partial charge in [0.05, 0.1) is 23.6 Å². The summed E-state index contributed by atoms with van der Waals surface area (Å²) >= 11 is 0. The first kappa shape index (κ1) is 22.6. The third kappa shape index (κ3) is 2.88. The first-order valence-electron chi connectivity index (χ1n) is 12.2. The zero-order chi connectivity index (χ0) is 25.4. The summed E-state index contributed by atoms with van der Waals surface area (Å²) in [6.07, 6.45) is -0.908. The number of ether oxygens (including phenoxy) is 1. The van der Waals surface area contributed by atoms with Crippen LogP contribution in [0.1, 0.15) is 63.3 Å². The minimum absolute atomic E-state index is 0.228. The molecule has 1 spiro atoms. The van der Waals surface area contributed by atoms with Crippen molar-refractivity contribution in [3.8, 4) is 0 Å². The third-order valence-corrected chi connectivity index (χ3v) is 7.74. The molecule has 0 saturated carbocycles. The number of nitrogens with zero attached hydrogens (tertiary/aromatic N) is 1. The van der Waals surface area contributed by atoms with Gasteiger partial charge in [0.1, 0.15) is 0 Å². The number of rotatable bonds is 3. The lowest BCUT2D eigenvalue weighted by atomic mass is 9.77. The Morgan fingerprint density at radius 2 is 1.36 bits per heavy atom. The van der Waals surface area contributed by atoms with E-state index in [1.165, 1.54) is 0 Å². The monoisotopic (exact) mass is 479 g/mol. The molecule has 2 aliphatic heterocycles. The molecule has 0 unspecified atom stereocenters. The molecule has 180 valence electrons. The largest absolute Gasteiger partial charge is 0.349 e. The van der Waals surface area contributed by atoms with Gasteiger partial charge in [0.2, 0.25) is 29.0 Å². The molecule has 2 heterocycles. The molecule has 3 aromatic carbocycles. The molecule has 2 fully saturated rings. The maximum absolute atomic E-state index is 14.0. The lowest BCUT2D eigenvalue weighted by Gasteiger charge is -2.27. The molecule has 3 aromatic rings. The Morgan fingerprint density at radius 3 is 1.92 bits per heavy atom. The van der Waals surface area contributed by atoms with Gasteiger partial charge in [-0.25, -0.2) is 4.90 Å². The molecule has 0 aromatic heterocycles. The molecule has 6 heteroatoms. The van der Waals surface area contributed by atoms with E-state index in [0.29, 0.717) is 17.2 Å². The first-order valence-corrected chi connectivity index (χ1v) is 12.2. The average Bonchev–Trinajstić information content (AvgIpc) is 3.44. The van der Waals surface area contributed by atoms with Gasteiger partial charge in [-0.1, -0.05) is 80.1 Å². The Bertz CT molecular complexity index is 1400. The minimum Gasteiger partial charge on any atom is -0.349 e. The predicted molar refractivity (Wildman–Crippen MR) is 133 cm³/mol. The van der Waals surface area contributed by atoms with Gasteiger partial charge in [-0.15, -0.1) is 0 Å². The summed E-state index contributed by atoms with van der Waals surface area (Å²) in [6.45, 7) is 6.07. The molecule has 1 aliphatic carbocycles. The normalized spacial score (nSPS) is 24.2. The van der Waals surface area contributed by atoms with Crippen LogP contribution < -0.4 is 4.90 Å².